The highest BCUT2D eigenvalue weighted by molar-refractivity contribution is 5.35. The van der Waals surface area contributed by atoms with Crippen LogP contribution in [-0.2, 0) is 6.42 Å². The van der Waals surface area contributed by atoms with Gasteiger partial charge in [0.05, 0.1) is 6.54 Å². The van der Waals surface area contributed by atoms with Crippen LogP contribution < -0.4 is 4.90 Å². The van der Waals surface area contributed by atoms with E-state index in [1.807, 2.05) is 0 Å². The maximum absolute atomic E-state index is 2.36. The summed E-state index contributed by atoms with van der Waals surface area (Å²) in [6.45, 7) is 8.27. The fourth-order valence-electron chi connectivity index (χ4n) is 3.60. The highest BCUT2D eigenvalue weighted by Crippen LogP contribution is 2.35. The zero-order chi connectivity index (χ0) is 14.2. The van der Waals surface area contributed by atoms with Crippen molar-refractivity contribution in [2.75, 3.05) is 6.54 Å². The van der Waals surface area contributed by atoms with Crippen LogP contribution in [0.3, 0.4) is 0 Å². The summed E-state index contributed by atoms with van der Waals surface area (Å²) in [6, 6.07) is 20.5. The minimum absolute atomic E-state index is 0.252. The first kappa shape index (κ1) is 13.4. The van der Waals surface area contributed by atoms with Crippen LogP contribution in [0.2, 0.25) is 0 Å². The third kappa shape index (κ3) is 2.38. The first-order valence-electron chi connectivity index (χ1n) is 7.56. The second-order valence-electron chi connectivity index (χ2n) is 6.89. The number of fused-ring (bicyclic) bond motifs is 1. The average Bonchev–Trinajstić information content (AvgIpc) is 2.46. The Morgan fingerprint density at radius 1 is 0.900 bits per heavy atom. The van der Waals surface area contributed by atoms with Crippen LogP contribution in [0.5, 0.6) is 0 Å². The predicted octanol–water partition coefficient (Wildman–Crippen LogP) is 3.55. The van der Waals surface area contributed by atoms with Gasteiger partial charge in [0, 0.05) is 17.4 Å². The van der Waals surface area contributed by atoms with Crippen LogP contribution in [0.15, 0.2) is 54.6 Å². The lowest BCUT2D eigenvalue weighted by Gasteiger charge is -2.41. The standard InChI is InChI=1S/C19H23N/c1-19(2,3)18-17-12-8-7-9-15(17)13-14-20(18)16-10-5-4-6-11-16/h4-12,18H,13-14H2,1-3H3/p+1. The van der Waals surface area contributed by atoms with Crippen molar-refractivity contribution in [3.8, 4) is 0 Å². The van der Waals surface area contributed by atoms with Crippen molar-refractivity contribution in [3.05, 3.63) is 65.7 Å². The van der Waals surface area contributed by atoms with Gasteiger partial charge in [-0.25, -0.2) is 0 Å². The smallest absolute Gasteiger partial charge is 0.131 e. The quantitative estimate of drug-likeness (QED) is 0.805. The summed E-state index contributed by atoms with van der Waals surface area (Å²) in [6.07, 6.45) is 1.17. The first-order valence-corrected chi connectivity index (χ1v) is 7.56. The van der Waals surface area contributed by atoms with Gasteiger partial charge in [-0.05, 0) is 17.7 Å². The SMILES string of the molecule is CC(C)(C)C1c2ccccc2CC[NH+]1c1ccccc1. The Kier molecular flexibility index (Phi) is 3.39. The summed E-state index contributed by atoms with van der Waals surface area (Å²) in [4.78, 5) is 1.61. The van der Waals surface area contributed by atoms with Crippen molar-refractivity contribution in [2.24, 2.45) is 5.41 Å². The molecular formula is C19H24N+. The molecule has 0 bridgehead atoms. The van der Waals surface area contributed by atoms with Gasteiger partial charge >= 0.3 is 0 Å². The Morgan fingerprint density at radius 3 is 2.25 bits per heavy atom. The van der Waals surface area contributed by atoms with Gasteiger partial charge in [0.25, 0.3) is 0 Å². The van der Waals surface area contributed by atoms with Crippen molar-refractivity contribution in [2.45, 2.75) is 33.2 Å². The molecule has 2 aromatic rings. The molecule has 0 amide bonds. The molecule has 20 heavy (non-hydrogen) atoms. The molecule has 2 atom stereocenters. The van der Waals surface area contributed by atoms with Gasteiger partial charge in [-0.15, -0.1) is 0 Å². The Hall–Kier alpha value is -1.60. The zero-order valence-electron chi connectivity index (χ0n) is 12.7. The normalized spacial score (nSPS) is 22.4. The molecule has 0 saturated carbocycles. The van der Waals surface area contributed by atoms with Crippen molar-refractivity contribution < 1.29 is 4.90 Å². The van der Waals surface area contributed by atoms with Gasteiger partial charge in [-0.2, -0.15) is 0 Å². The Morgan fingerprint density at radius 2 is 1.55 bits per heavy atom. The Bertz CT molecular complexity index is 580. The van der Waals surface area contributed by atoms with Gasteiger partial charge in [0.2, 0.25) is 0 Å². The summed E-state index contributed by atoms with van der Waals surface area (Å²) >= 11 is 0. The van der Waals surface area contributed by atoms with Gasteiger partial charge < -0.3 is 0 Å². The molecule has 0 aliphatic carbocycles. The number of quaternary nitrogens is 1. The molecule has 0 radical (unpaired) electrons. The number of rotatable bonds is 1. The van der Waals surface area contributed by atoms with E-state index in [0.717, 1.165) is 0 Å². The Labute approximate surface area is 122 Å². The van der Waals surface area contributed by atoms with E-state index in [2.05, 4.69) is 75.4 Å². The lowest BCUT2D eigenvalue weighted by atomic mass is 9.77. The van der Waals surface area contributed by atoms with Crippen molar-refractivity contribution in [1.82, 2.24) is 0 Å². The maximum Gasteiger partial charge on any atom is 0.131 e. The molecule has 2 aromatic carbocycles. The van der Waals surface area contributed by atoms with E-state index in [0.29, 0.717) is 6.04 Å². The third-order valence-electron chi connectivity index (χ3n) is 4.39. The van der Waals surface area contributed by atoms with Crippen LogP contribution in [0.4, 0.5) is 5.69 Å². The molecule has 1 N–H and O–H groups in total. The number of hydrogen-bond acceptors (Lipinski definition) is 0. The summed E-state index contributed by atoms with van der Waals surface area (Å²) in [5.41, 5.74) is 4.74. The Balaban J connectivity index is 2.09. The first-order chi connectivity index (χ1) is 9.57. The predicted molar refractivity (Wildman–Crippen MR) is 84.3 cm³/mol. The van der Waals surface area contributed by atoms with Crippen LogP contribution in [-0.4, -0.2) is 6.54 Å². The van der Waals surface area contributed by atoms with E-state index in [4.69, 9.17) is 0 Å². The molecule has 1 heteroatoms. The van der Waals surface area contributed by atoms with Gasteiger partial charge in [0.15, 0.2) is 0 Å². The van der Waals surface area contributed by atoms with E-state index in [1.165, 1.54) is 29.8 Å². The molecule has 1 aliphatic heterocycles. The van der Waals surface area contributed by atoms with E-state index in [-0.39, 0.29) is 5.41 Å². The second-order valence-corrected chi connectivity index (χ2v) is 6.89. The number of benzene rings is 2. The molecule has 0 saturated heterocycles. The summed E-state index contributed by atoms with van der Waals surface area (Å²) in [5, 5.41) is 0. The van der Waals surface area contributed by atoms with Crippen molar-refractivity contribution in [3.63, 3.8) is 0 Å². The molecule has 0 aromatic heterocycles. The molecule has 0 spiro atoms. The van der Waals surface area contributed by atoms with E-state index in [9.17, 15) is 0 Å². The molecule has 1 nitrogen and oxygen atoms in total. The van der Waals surface area contributed by atoms with E-state index >= 15 is 0 Å². The molecule has 0 fully saturated rings. The molecule has 104 valence electrons. The van der Waals surface area contributed by atoms with Gasteiger partial charge in [-0.3, -0.25) is 4.90 Å². The van der Waals surface area contributed by atoms with Crippen LogP contribution in [0.25, 0.3) is 0 Å². The van der Waals surface area contributed by atoms with Crippen LogP contribution in [0, 0.1) is 5.41 Å². The minimum atomic E-state index is 0.252. The molecule has 2 unspecified atom stereocenters. The van der Waals surface area contributed by atoms with Gasteiger partial charge in [0.1, 0.15) is 11.7 Å². The van der Waals surface area contributed by atoms with Gasteiger partial charge in [-0.1, -0.05) is 63.2 Å². The maximum atomic E-state index is 2.36. The summed E-state index contributed by atoms with van der Waals surface area (Å²) in [7, 11) is 0. The lowest BCUT2D eigenvalue weighted by molar-refractivity contribution is -0.878. The third-order valence-corrected chi connectivity index (χ3v) is 4.39. The second kappa shape index (κ2) is 5.06. The molecular weight excluding hydrogens is 242 g/mol. The highest BCUT2D eigenvalue weighted by Gasteiger charge is 2.40. The zero-order valence-corrected chi connectivity index (χ0v) is 12.7. The summed E-state index contributed by atoms with van der Waals surface area (Å²) < 4.78 is 0. The molecule has 1 aliphatic rings. The number of nitrogens with one attached hydrogen (secondary N) is 1. The fraction of sp³-hybridized carbons (Fsp3) is 0.368. The van der Waals surface area contributed by atoms with E-state index in [1.54, 1.807) is 4.90 Å². The average molecular weight is 266 g/mol. The topological polar surface area (TPSA) is 4.44 Å². The molecule has 3 rings (SSSR count). The van der Waals surface area contributed by atoms with Crippen LogP contribution >= 0.6 is 0 Å². The highest BCUT2D eigenvalue weighted by atomic mass is 15.2. The molecule has 1 heterocycles. The monoisotopic (exact) mass is 266 g/mol. The van der Waals surface area contributed by atoms with Crippen molar-refractivity contribution >= 4 is 5.69 Å². The number of hydrogen-bond donors (Lipinski definition) is 1. The summed E-state index contributed by atoms with van der Waals surface area (Å²) in [5.74, 6) is 0. The fourth-order valence-corrected chi connectivity index (χ4v) is 3.60. The number of para-hydroxylation sites is 1. The van der Waals surface area contributed by atoms with Crippen LogP contribution in [0.1, 0.15) is 37.9 Å². The minimum Gasteiger partial charge on any atom is -0.296 e. The lowest BCUT2D eigenvalue weighted by Crippen LogP contribution is -3.10. The largest absolute Gasteiger partial charge is 0.296 e. The van der Waals surface area contributed by atoms with Crippen molar-refractivity contribution in [1.29, 1.82) is 0 Å². The van der Waals surface area contributed by atoms with E-state index < -0.39 is 0 Å².